The summed E-state index contributed by atoms with van der Waals surface area (Å²) >= 11 is 3.32. The van der Waals surface area contributed by atoms with Crippen LogP contribution in [-0.2, 0) is 0 Å². The summed E-state index contributed by atoms with van der Waals surface area (Å²) in [5.74, 6) is -1.23. The van der Waals surface area contributed by atoms with Crippen LogP contribution < -0.4 is 11.1 Å². The number of nitrogen functional groups attached to an aromatic ring is 1. The fourth-order valence-corrected chi connectivity index (χ4v) is 2.16. The van der Waals surface area contributed by atoms with Crippen molar-refractivity contribution in [2.24, 2.45) is 0 Å². The number of hydrogen-bond donors (Lipinski definition) is 2. The van der Waals surface area contributed by atoms with Crippen LogP contribution in [0.2, 0.25) is 0 Å². The fraction of sp³-hybridized carbons (Fsp3) is 0.143. The van der Waals surface area contributed by atoms with Gasteiger partial charge in [0, 0.05) is 10.2 Å². The average Bonchev–Trinajstić information content (AvgIpc) is 2.36. The standard InChI is InChI=1S/C14H13BrF2N2/c1-7-3-4-10(16)14(13(7)17)19-12-5-8(2)11(18)6-9(12)15/h3-6,19H,18H2,1-2H3. The largest absolute Gasteiger partial charge is 0.398 e. The highest BCUT2D eigenvalue weighted by Crippen LogP contribution is 2.32. The van der Waals surface area contributed by atoms with Crippen molar-refractivity contribution in [3.63, 3.8) is 0 Å². The van der Waals surface area contributed by atoms with Gasteiger partial charge in [-0.2, -0.15) is 0 Å². The third-order valence-corrected chi connectivity index (χ3v) is 3.56. The van der Waals surface area contributed by atoms with Gasteiger partial charge in [-0.05, 0) is 59.1 Å². The SMILES string of the molecule is Cc1cc(Nc2c(F)ccc(C)c2F)c(Br)cc1N. The van der Waals surface area contributed by atoms with E-state index in [-0.39, 0.29) is 5.69 Å². The van der Waals surface area contributed by atoms with Crippen LogP contribution in [0.1, 0.15) is 11.1 Å². The van der Waals surface area contributed by atoms with E-state index in [0.717, 1.165) is 5.56 Å². The number of benzene rings is 2. The Hall–Kier alpha value is -1.62. The molecule has 0 aliphatic heterocycles. The van der Waals surface area contributed by atoms with Crippen molar-refractivity contribution in [1.82, 2.24) is 0 Å². The maximum absolute atomic E-state index is 13.9. The molecule has 19 heavy (non-hydrogen) atoms. The van der Waals surface area contributed by atoms with Gasteiger partial charge in [-0.1, -0.05) is 6.07 Å². The lowest BCUT2D eigenvalue weighted by Crippen LogP contribution is -2.01. The van der Waals surface area contributed by atoms with E-state index < -0.39 is 11.6 Å². The minimum Gasteiger partial charge on any atom is -0.398 e. The summed E-state index contributed by atoms with van der Waals surface area (Å²) in [6.45, 7) is 3.42. The van der Waals surface area contributed by atoms with Crippen molar-refractivity contribution in [3.8, 4) is 0 Å². The highest BCUT2D eigenvalue weighted by Gasteiger charge is 2.13. The predicted molar refractivity (Wildman–Crippen MR) is 77.7 cm³/mol. The first-order valence-corrected chi connectivity index (χ1v) is 6.46. The van der Waals surface area contributed by atoms with Gasteiger partial charge in [0.2, 0.25) is 0 Å². The Morgan fingerprint density at radius 1 is 1.11 bits per heavy atom. The van der Waals surface area contributed by atoms with Gasteiger partial charge in [-0.25, -0.2) is 8.78 Å². The number of nitrogens with one attached hydrogen (secondary N) is 1. The Kier molecular flexibility index (Phi) is 3.75. The molecule has 0 radical (unpaired) electrons. The molecule has 0 aliphatic carbocycles. The molecule has 2 aromatic carbocycles. The normalized spacial score (nSPS) is 10.6. The van der Waals surface area contributed by atoms with E-state index in [4.69, 9.17) is 5.73 Å². The molecule has 0 atom stereocenters. The molecule has 0 aliphatic rings. The lowest BCUT2D eigenvalue weighted by molar-refractivity contribution is 0.585. The quantitative estimate of drug-likeness (QED) is 0.787. The molecule has 0 spiro atoms. The smallest absolute Gasteiger partial charge is 0.152 e. The first-order chi connectivity index (χ1) is 8.90. The van der Waals surface area contributed by atoms with Crippen LogP contribution in [0, 0.1) is 25.5 Å². The lowest BCUT2D eigenvalue weighted by atomic mass is 10.1. The molecule has 0 fully saturated rings. The second kappa shape index (κ2) is 5.17. The summed E-state index contributed by atoms with van der Waals surface area (Å²) in [5.41, 5.74) is 7.99. The first-order valence-electron chi connectivity index (χ1n) is 5.67. The van der Waals surface area contributed by atoms with Gasteiger partial charge in [0.05, 0.1) is 5.69 Å². The van der Waals surface area contributed by atoms with Crippen molar-refractivity contribution in [3.05, 3.63) is 51.5 Å². The van der Waals surface area contributed by atoms with Gasteiger partial charge >= 0.3 is 0 Å². The number of aryl methyl sites for hydroxylation is 2. The molecule has 5 heteroatoms. The molecule has 2 nitrogen and oxygen atoms in total. The maximum Gasteiger partial charge on any atom is 0.152 e. The topological polar surface area (TPSA) is 38.0 Å². The molecule has 0 unspecified atom stereocenters. The zero-order chi connectivity index (χ0) is 14.2. The summed E-state index contributed by atoms with van der Waals surface area (Å²) in [7, 11) is 0. The van der Waals surface area contributed by atoms with Crippen molar-refractivity contribution < 1.29 is 8.78 Å². The van der Waals surface area contributed by atoms with Crippen LogP contribution in [0.3, 0.4) is 0 Å². The zero-order valence-corrected chi connectivity index (χ0v) is 12.1. The van der Waals surface area contributed by atoms with E-state index in [9.17, 15) is 8.78 Å². The molecule has 0 aromatic heterocycles. The Balaban J connectivity index is 2.48. The molecule has 3 N–H and O–H groups in total. The monoisotopic (exact) mass is 326 g/mol. The van der Waals surface area contributed by atoms with Gasteiger partial charge < -0.3 is 11.1 Å². The summed E-state index contributed by atoms with van der Waals surface area (Å²) < 4.78 is 28.3. The molecule has 0 saturated carbocycles. The van der Waals surface area contributed by atoms with E-state index in [1.807, 2.05) is 6.92 Å². The van der Waals surface area contributed by atoms with Crippen LogP contribution in [0.4, 0.5) is 25.8 Å². The molecular weight excluding hydrogens is 314 g/mol. The van der Waals surface area contributed by atoms with Gasteiger partial charge in [0.25, 0.3) is 0 Å². The van der Waals surface area contributed by atoms with Gasteiger partial charge in [0.1, 0.15) is 11.5 Å². The Labute approximate surface area is 118 Å². The Morgan fingerprint density at radius 2 is 1.79 bits per heavy atom. The third-order valence-electron chi connectivity index (χ3n) is 2.90. The molecule has 2 rings (SSSR count). The van der Waals surface area contributed by atoms with Crippen molar-refractivity contribution in [2.75, 3.05) is 11.1 Å². The summed E-state index contributed by atoms with van der Waals surface area (Å²) in [6, 6.07) is 6.07. The van der Waals surface area contributed by atoms with E-state index in [0.29, 0.717) is 21.4 Å². The van der Waals surface area contributed by atoms with Crippen LogP contribution in [0.25, 0.3) is 0 Å². The van der Waals surface area contributed by atoms with E-state index in [2.05, 4.69) is 21.2 Å². The highest BCUT2D eigenvalue weighted by atomic mass is 79.9. The highest BCUT2D eigenvalue weighted by molar-refractivity contribution is 9.10. The molecule has 0 amide bonds. The number of rotatable bonds is 2. The van der Waals surface area contributed by atoms with Gasteiger partial charge in [-0.3, -0.25) is 0 Å². The summed E-state index contributed by atoms with van der Waals surface area (Å²) in [4.78, 5) is 0. The minimum atomic E-state index is -0.635. The number of anilines is 3. The van der Waals surface area contributed by atoms with Crippen LogP contribution in [0.15, 0.2) is 28.7 Å². The lowest BCUT2D eigenvalue weighted by Gasteiger charge is -2.13. The fourth-order valence-electron chi connectivity index (χ4n) is 1.70. The summed E-state index contributed by atoms with van der Waals surface area (Å²) in [6.07, 6.45) is 0. The first kappa shape index (κ1) is 13.8. The van der Waals surface area contributed by atoms with Crippen LogP contribution in [0.5, 0.6) is 0 Å². The number of halogens is 3. The predicted octanol–water partition coefficient (Wildman–Crippen LogP) is 4.67. The summed E-state index contributed by atoms with van der Waals surface area (Å²) in [5, 5.41) is 2.77. The molecule has 0 heterocycles. The Morgan fingerprint density at radius 3 is 2.47 bits per heavy atom. The van der Waals surface area contributed by atoms with Gasteiger partial charge in [-0.15, -0.1) is 0 Å². The molecular formula is C14H13BrF2N2. The zero-order valence-electron chi connectivity index (χ0n) is 10.5. The van der Waals surface area contributed by atoms with Crippen molar-refractivity contribution in [1.29, 1.82) is 0 Å². The second-order valence-electron chi connectivity index (χ2n) is 4.37. The van der Waals surface area contributed by atoms with Crippen LogP contribution >= 0.6 is 15.9 Å². The third kappa shape index (κ3) is 2.71. The molecule has 100 valence electrons. The van der Waals surface area contributed by atoms with E-state index in [1.54, 1.807) is 19.1 Å². The molecule has 0 saturated heterocycles. The number of nitrogens with two attached hydrogens (primary N) is 1. The van der Waals surface area contributed by atoms with E-state index >= 15 is 0 Å². The van der Waals surface area contributed by atoms with E-state index in [1.165, 1.54) is 12.1 Å². The van der Waals surface area contributed by atoms with Crippen molar-refractivity contribution >= 4 is 33.0 Å². The molecule has 2 aromatic rings. The van der Waals surface area contributed by atoms with Gasteiger partial charge in [0.15, 0.2) is 5.82 Å². The minimum absolute atomic E-state index is 0.162. The maximum atomic E-state index is 13.9. The van der Waals surface area contributed by atoms with Crippen molar-refractivity contribution in [2.45, 2.75) is 13.8 Å². The molecule has 0 bridgehead atoms. The Bertz CT molecular complexity index is 642. The second-order valence-corrected chi connectivity index (χ2v) is 5.22. The van der Waals surface area contributed by atoms with Crippen LogP contribution in [-0.4, -0.2) is 0 Å². The number of hydrogen-bond acceptors (Lipinski definition) is 2. The average molecular weight is 327 g/mol.